The Labute approximate surface area is 209 Å². The maximum Gasteiger partial charge on any atom is 0.436 e. The summed E-state index contributed by atoms with van der Waals surface area (Å²) in [7, 11) is 0. The van der Waals surface area contributed by atoms with Crippen LogP contribution in [0, 0.1) is 10.1 Å². The molecule has 1 heterocycles. The van der Waals surface area contributed by atoms with Crippen LogP contribution in [0.3, 0.4) is 0 Å². The van der Waals surface area contributed by atoms with Crippen molar-refractivity contribution in [3.63, 3.8) is 0 Å². The van der Waals surface area contributed by atoms with Gasteiger partial charge in [0.05, 0.1) is 15.6 Å². The van der Waals surface area contributed by atoms with Gasteiger partial charge in [-0.05, 0) is 49.1 Å². The summed E-state index contributed by atoms with van der Waals surface area (Å²) in [5.41, 5.74) is 0.432. The zero-order valence-electron chi connectivity index (χ0n) is 18.9. The van der Waals surface area contributed by atoms with Gasteiger partial charge in [-0.15, -0.1) is 0 Å². The number of nitrogens with one attached hydrogen (secondary N) is 1. The molecule has 12 heteroatoms. The molecule has 0 saturated heterocycles. The van der Waals surface area contributed by atoms with Crippen LogP contribution in [0.1, 0.15) is 52.5 Å². The molecule has 8 nitrogen and oxygen atoms in total. The molecule has 36 heavy (non-hydrogen) atoms. The van der Waals surface area contributed by atoms with E-state index < -0.39 is 16.8 Å². The summed E-state index contributed by atoms with van der Waals surface area (Å²) in [5, 5.41) is 16.8. The number of aryl methyl sites for hydroxylation is 1. The number of nitrogens with zero attached hydrogens (tertiary/aromatic N) is 3. The Bertz CT molecular complexity index is 1260. The number of carbonyl (C=O) groups excluding carboxylic acids is 1. The molecule has 0 unspecified atom stereocenters. The Morgan fingerprint density at radius 3 is 2.58 bits per heavy atom. The summed E-state index contributed by atoms with van der Waals surface area (Å²) in [5.74, 6) is 0.115. The number of carbonyl (C=O) groups is 1. The monoisotopic (exact) mass is 522 g/mol. The van der Waals surface area contributed by atoms with Crippen molar-refractivity contribution in [3.8, 4) is 5.75 Å². The lowest BCUT2D eigenvalue weighted by molar-refractivity contribution is -0.384. The van der Waals surface area contributed by atoms with E-state index in [4.69, 9.17) is 16.3 Å². The molecule has 1 aromatic heterocycles. The molecule has 1 aliphatic carbocycles. The van der Waals surface area contributed by atoms with Crippen LogP contribution in [0.25, 0.3) is 0 Å². The number of hydrogen-bond acceptors (Lipinski definition) is 5. The minimum atomic E-state index is -4.62. The molecule has 0 spiro atoms. The van der Waals surface area contributed by atoms with Crippen molar-refractivity contribution >= 4 is 23.2 Å². The van der Waals surface area contributed by atoms with Crippen LogP contribution < -0.4 is 10.1 Å². The van der Waals surface area contributed by atoms with Crippen molar-refractivity contribution in [2.75, 3.05) is 6.54 Å². The summed E-state index contributed by atoms with van der Waals surface area (Å²) in [6.45, 7) is 0.598. The average Bonchev–Trinajstić information content (AvgIpc) is 3.62. The molecule has 1 aliphatic rings. The van der Waals surface area contributed by atoms with Gasteiger partial charge in [0.2, 0.25) is 0 Å². The van der Waals surface area contributed by atoms with Crippen LogP contribution in [0.4, 0.5) is 18.9 Å². The van der Waals surface area contributed by atoms with E-state index in [0.29, 0.717) is 23.4 Å². The van der Waals surface area contributed by atoms with Crippen molar-refractivity contribution in [2.24, 2.45) is 0 Å². The molecule has 1 saturated carbocycles. The van der Waals surface area contributed by atoms with Crippen LogP contribution in [0.5, 0.6) is 5.75 Å². The highest BCUT2D eigenvalue weighted by Crippen LogP contribution is 2.46. The smallest absolute Gasteiger partial charge is 0.436 e. The number of rotatable bonds is 10. The summed E-state index contributed by atoms with van der Waals surface area (Å²) in [6, 6.07) is 12.5. The molecule has 0 radical (unpaired) electrons. The molecule has 3 aromatic rings. The Balaban J connectivity index is 1.29. The third-order valence-electron chi connectivity index (χ3n) is 5.64. The number of aromatic nitrogens is 2. The average molecular weight is 523 g/mol. The van der Waals surface area contributed by atoms with Crippen molar-refractivity contribution in [1.29, 1.82) is 0 Å². The highest BCUT2D eigenvalue weighted by molar-refractivity contribution is 6.32. The summed E-state index contributed by atoms with van der Waals surface area (Å²) >= 11 is 5.98. The van der Waals surface area contributed by atoms with E-state index in [9.17, 15) is 28.1 Å². The Morgan fingerprint density at radius 1 is 1.22 bits per heavy atom. The van der Waals surface area contributed by atoms with Gasteiger partial charge in [-0.3, -0.25) is 19.6 Å². The summed E-state index contributed by atoms with van der Waals surface area (Å²) < 4.78 is 46.5. The van der Waals surface area contributed by atoms with E-state index >= 15 is 0 Å². The van der Waals surface area contributed by atoms with Gasteiger partial charge in [-0.2, -0.15) is 18.3 Å². The minimum Gasteiger partial charge on any atom is -0.489 e. The Kier molecular flexibility index (Phi) is 7.48. The first kappa shape index (κ1) is 25.5. The molecule has 1 fully saturated rings. The zero-order chi connectivity index (χ0) is 25.9. The minimum absolute atomic E-state index is 0.00773. The maximum absolute atomic E-state index is 13.2. The van der Waals surface area contributed by atoms with Gasteiger partial charge in [0.1, 0.15) is 12.4 Å². The van der Waals surface area contributed by atoms with Crippen LogP contribution in [-0.2, 0) is 19.3 Å². The Hall–Kier alpha value is -3.60. The number of alkyl halides is 3. The van der Waals surface area contributed by atoms with E-state index in [2.05, 4.69) is 10.4 Å². The molecule has 0 atom stereocenters. The maximum atomic E-state index is 13.2. The lowest BCUT2D eigenvalue weighted by Crippen LogP contribution is -2.25. The SMILES string of the molecule is O=C(NCCCn1nc(C(F)(F)F)c(Cl)c1C1CC1)c1cccc(COc2ccc([N+](=O)[O-])cc2)c1. The van der Waals surface area contributed by atoms with Crippen LogP contribution >= 0.6 is 11.6 Å². The number of non-ortho nitro benzene ring substituents is 1. The molecule has 4 rings (SSSR count). The normalized spacial score (nSPS) is 13.4. The van der Waals surface area contributed by atoms with Crippen LogP contribution in [-0.4, -0.2) is 27.2 Å². The third-order valence-corrected chi connectivity index (χ3v) is 6.01. The van der Waals surface area contributed by atoms with Crippen molar-refractivity contribution < 1.29 is 27.6 Å². The van der Waals surface area contributed by atoms with Gasteiger partial charge in [0.15, 0.2) is 5.69 Å². The van der Waals surface area contributed by atoms with E-state index in [-0.39, 0.29) is 42.2 Å². The first-order valence-corrected chi connectivity index (χ1v) is 11.6. The van der Waals surface area contributed by atoms with Gasteiger partial charge < -0.3 is 10.1 Å². The Morgan fingerprint density at radius 2 is 1.94 bits per heavy atom. The largest absolute Gasteiger partial charge is 0.489 e. The second kappa shape index (κ2) is 10.6. The fourth-order valence-corrected chi connectivity index (χ4v) is 4.11. The molecule has 190 valence electrons. The van der Waals surface area contributed by atoms with E-state index in [0.717, 1.165) is 18.4 Å². The van der Waals surface area contributed by atoms with Gasteiger partial charge in [-0.1, -0.05) is 23.7 Å². The second-order valence-electron chi connectivity index (χ2n) is 8.39. The first-order chi connectivity index (χ1) is 17.1. The number of benzene rings is 2. The topological polar surface area (TPSA) is 99.3 Å². The lowest BCUT2D eigenvalue weighted by Gasteiger charge is -2.10. The summed E-state index contributed by atoms with van der Waals surface area (Å²) in [4.78, 5) is 22.8. The van der Waals surface area contributed by atoms with E-state index in [1.165, 1.54) is 28.9 Å². The zero-order valence-corrected chi connectivity index (χ0v) is 19.7. The van der Waals surface area contributed by atoms with Crippen LogP contribution in [0.15, 0.2) is 48.5 Å². The number of nitro benzene ring substituents is 1. The quantitative estimate of drug-likeness (QED) is 0.208. The number of nitro groups is 1. The van der Waals surface area contributed by atoms with Gasteiger partial charge in [0, 0.05) is 36.7 Å². The van der Waals surface area contributed by atoms with Gasteiger partial charge in [-0.25, -0.2) is 0 Å². The highest BCUT2D eigenvalue weighted by atomic mass is 35.5. The fraction of sp³-hybridized carbons (Fsp3) is 0.333. The first-order valence-electron chi connectivity index (χ1n) is 11.2. The predicted molar refractivity (Wildman–Crippen MR) is 125 cm³/mol. The number of hydrogen-bond donors (Lipinski definition) is 1. The van der Waals surface area contributed by atoms with E-state index in [1.807, 2.05) is 0 Å². The fourth-order valence-electron chi connectivity index (χ4n) is 3.72. The predicted octanol–water partition coefficient (Wildman–Crippen LogP) is 5.74. The van der Waals surface area contributed by atoms with Crippen molar-refractivity contribution in [3.05, 3.63) is 86.2 Å². The molecule has 0 aliphatic heterocycles. The van der Waals surface area contributed by atoms with Crippen LogP contribution in [0.2, 0.25) is 5.02 Å². The lowest BCUT2D eigenvalue weighted by atomic mass is 10.1. The number of halogens is 4. The van der Waals surface area contributed by atoms with Gasteiger partial charge in [0.25, 0.3) is 11.6 Å². The third kappa shape index (κ3) is 6.14. The van der Waals surface area contributed by atoms with Gasteiger partial charge >= 0.3 is 6.18 Å². The molecule has 1 N–H and O–H groups in total. The van der Waals surface area contributed by atoms with Crippen molar-refractivity contribution in [1.82, 2.24) is 15.1 Å². The second-order valence-corrected chi connectivity index (χ2v) is 8.77. The molecular formula is C24H22ClF3N4O4. The molecular weight excluding hydrogens is 501 g/mol. The number of ether oxygens (including phenoxy) is 1. The highest BCUT2D eigenvalue weighted by Gasteiger charge is 2.41. The molecule has 2 aromatic carbocycles. The standard InChI is InChI=1S/C24H22ClF3N4O4/c25-20-21(16-5-6-16)31(30-22(20)24(26,27)28)12-2-11-29-23(33)17-4-1-3-15(13-17)14-36-19-9-7-18(8-10-19)32(34)35/h1,3-4,7-10,13,16H,2,5-6,11-12,14H2,(H,29,33). The van der Waals surface area contributed by atoms with Crippen molar-refractivity contribution in [2.45, 2.75) is 44.5 Å². The molecule has 1 amide bonds. The molecule has 0 bridgehead atoms. The number of amides is 1. The van der Waals surface area contributed by atoms with E-state index in [1.54, 1.807) is 24.3 Å². The summed E-state index contributed by atoms with van der Waals surface area (Å²) in [6.07, 6.45) is -2.68.